The lowest BCUT2D eigenvalue weighted by Gasteiger charge is -2.57. The smallest absolute Gasteiger partial charge is 0.194 e. The van der Waals surface area contributed by atoms with E-state index in [1.54, 1.807) is 6.08 Å². The second-order valence-electron chi connectivity index (χ2n) is 7.33. The number of halogens is 1. The van der Waals surface area contributed by atoms with Crippen molar-refractivity contribution in [3.05, 3.63) is 35.5 Å². The highest BCUT2D eigenvalue weighted by molar-refractivity contribution is 6.26. The summed E-state index contributed by atoms with van der Waals surface area (Å²) in [7, 11) is 2.17. The van der Waals surface area contributed by atoms with Crippen LogP contribution in [-0.4, -0.2) is 58.1 Å². The van der Waals surface area contributed by atoms with Gasteiger partial charge in [-0.25, -0.2) is 0 Å². The molecule has 0 aromatic rings. The average molecular weight is 322 g/mol. The van der Waals surface area contributed by atoms with Gasteiger partial charge in [0.2, 0.25) is 0 Å². The zero-order chi connectivity index (χ0) is 15.3. The Morgan fingerprint density at radius 1 is 1.32 bits per heavy atom. The predicted octanol–water partition coefficient (Wildman–Crippen LogP) is 1.19. The first-order valence-corrected chi connectivity index (χ1v) is 8.40. The Morgan fingerprint density at radius 2 is 2.14 bits per heavy atom. The van der Waals surface area contributed by atoms with E-state index in [4.69, 9.17) is 16.3 Å². The molecule has 118 valence electrons. The standard InChI is InChI=1S/C17H20ClNO3/c1-19-7-6-16-10-3-4-12(20)15(16)22-17(18)13(21)5-2-9(14(16)17)8-11(10)19/h2-5,10-13,15,20-21H,6-8H2,1H3/t10-,11+,12-,13?,15-,16-,17?/m0/s1. The summed E-state index contributed by atoms with van der Waals surface area (Å²) in [5.41, 5.74) is 1.96. The molecule has 2 aliphatic heterocycles. The third-order valence-corrected chi connectivity index (χ3v) is 7.00. The first kappa shape index (κ1) is 13.8. The molecule has 0 aromatic heterocycles. The highest BCUT2D eigenvalue weighted by Gasteiger charge is 2.71. The van der Waals surface area contributed by atoms with Crippen LogP contribution >= 0.6 is 11.6 Å². The minimum absolute atomic E-state index is 0.271. The molecule has 2 heterocycles. The van der Waals surface area contributed by atoms with Crippen molar-refractivity contribution in [3.8, 4) is 0 Å². The Labute approximate surface area is 134 Å². The van der Waals surface area contributed by atoms with Crippen LogP contribution in [0.15, 0.2) is 35.5 Å². The van der Waals surface area contributed by atoms with Crippen LogP contribution in [0.1, 0.15) is 12.8 Å². The van der Waals surface area contributed by atoms with Crippen molar-refractivity contribution in [1.29, 1.82) is 0 Å². The molecule has 2 saturated heterocycles. The molecule has 5 heteroatoms. The van der Waals surface area contributed by atoms with Crippen molar-refractivity contribution in [3.63, 3.8) is 0 Å². The molecule has 4 nitrogen and oxygen atoms in total. The lowest BCUT2D eigenvalue weighted by Crippen LogP contribution is -2.61. The third kappa shape index (κ3) is 1.32. The van der Waals surface area contributed by atoms with Crippen molar-refractivity contribution < 1.29 is 14.9 Å². The highest BCUT2D eigenvalue weighted by atomic mass is 35.5. The minimum Gasteiger partial charge on any atom is -0.386 e. The number of aliphatic hydroxyl groups excluding tert-OH is 2. The molecule has 2 unspecified atom stereocenters. The lowest BCUT2D eigenvalue weighted by molar-refractivity contribution is -0.117. The maximum absolute atomic E-state index is 10.5. The second-order valence-corrected chi connectivity index (χ2v) is 7.89. The van der Waals surface area contributed by atoms with Crippen molar-refractivity contribution in [1.82, 2.24) is 4.90 Å². The summed E-state index contributed by atoms with van der Waals surface area (Å²) in [6.45, 7) is 0.963. The third-order valence-electron chi connectivity index (χ3n) is 6.50. The summed E-state index contributed by atoms with van der Waals surface area (Å²) < 4.78 is 6.16. The van der Waals surface area contributed by atoms with Gasteiger partial charge in [0.15, 0.2) is 5.06 Å². The number of rotatable bonds is 0. The molecule has 7 atom stereocenters. The minimum atomic E-state index is -1.21. The molecule has 5 rings (SSSR count). The van der Waals surface area contributed by atoms with E-state index >= 15 is 0 Å². The molecule has 0 saturated carbocycles. The number of nitrogens with zero attached hydrogens (tertiary/aromatic N) is 1. The number of hydrogen-bond donors (Lipinski definition) is 2. The Balaban J connectivity index is 1.81. The molecule has 2 fully saturated rings. The van der Waals surface area contributed by atoms with Gasteiger partial charge in [0.1, 0.15) is 6.10 Å². The quantitative estimate of drug-likeness (QED) is 0.520. The van der Waals surface area contributed by atoms with E-state index < -0.39 is 17.3 Å². The average Bonchev–Trinajstić information content (AvgIpc) is 2.78. The molecule has 2 N–H and O–H groups in total. The van der Waals surface area contributed by atoms with E-state index in [2.05, 4.69) is 18.0 Å². The predicted molar refractivity (Wildman–Crippen MR) is 82.4 cm³/mol. The molecular formula is C17H20ClNO3. The van der Waals surface area contributed by atoms with Crippen LogP contribution < -0.4 is 0 Å². The van der Waals surface area contributed by atoms with Crippen molar-refractivity contribution >= 4 is 11.6 Å². The monoisotopic (exact) mass is 321 g/mol. The summed E-state index contributed by atoms with van der Waals surface area (Å²) in [6.07, 6.45) is 7.69. The number of hydrogen-bond acceptors (Lipinski definition) is 4. The number of ether oxygens (including phenoxy) is 1. The Hall–Kier alpha value is -0.650. The summed E-state index contributed by atoms with van der Waals surface area (Å²) in [4.78, 5) is 2.41. The number of alkyl halides is 1. The van der Waals surface area contributed by atoms with Gasteiger partial charge in [0, 0.05) is 17.4 Å². The van der Waals surface area contributed by atoms with Crippen LogP contribution in [0, 0.1) is 11.3 Å². The molecule has 1 spiro atoms. The molecule has 0 radical (unpaired) electrons. The lowest BCUT2D eigenvalue weighted by atomic mass is 9.52. The fourth-order valence-electron chi connectivity index (χ4n) is 5.58. The molecule has 22 heavy (non-hydrogen) atoms. The topological polar surface area (TPSA) is 52.9 Å². The van der Waals surface area contributed by atoms with Crippen LogP contribution in [-0.2, 0) is 4.74 Å². The van der Waals surface area contributed by atoms with Gasteiger partial charge in [0.25, 0.3) is 0 Å². The van der Waals surface area contributed by atoms with Gasteiger partial charge in [0.05, 0.1) is 12.2 Å². The molecule has 5 aliphatic rings. The van der Waals surface area contributed by atoms with Crippen molar-refractivity contribution in [2.75, 3.05) is 13.6 Å². The molecule has 0 amide bonds. The van der Waals surface area contributed by atoms with E-state index in [1.165, 1.54) is 5.57 Å². The fraction of sp³-hybridized carbons (Fsp3) is 0.647. The van der Waals surface area contributed by atoms with Gasteiger partial charge in [-0.2, -0.15) is 0 Å². The number of allylic oxidation sites excluding steroid dienone is 1. The van der Waals surface area contributed by atoms with E-state index in [9.17, 15) is 10.2 Å². The fourth-order valence-corrected chi connectivity index (χ4v) is 6.05. The first-order valence-electron chi connectivity index (χ1n) is 8.02. The molecule has 2 bridgehead atoms. The van der Waals surface area contributed by atoms with E-state index in [0.717, 1.165) is 25.0 Å². The second kappa shape index (κ2) is 4.05. The maximum Gasteiger partial charge on any atom is 0.194 e. The maximum atomic E-state index is 10.5. The Morgan fingerprint density at radius 3 is 2.95 bits per heavy atom. The largest absolute Gasteiger partial charge is 0.386 e. The van der Waals surface area contributed by atoms with Gasteiger partial charge in [-0.1, -0.05) is 35.9 Å². The number of piperidine rings is 1. The molecular weight excluding hydrogens is 302 g/mol. The highest BCUT2D eigenvalue weighted by Crippen LogP contribution is 2.67. The van der Waals surface area contributed by atoms with Gasteiger partial charge in [-0.3, -0.25) is 0 Å². The van der Waals surface area contributed by atoms with Crippen molar-refractivity contribution in [2.45, 2.75) is 42.3 Å². The molecule has 0 aromatic carbocycles. The first-order chi connectivity index (χ1) is 10.5. The Bertz CT molecular complexity index is 644. The Kier molecular flexibility index (Phi) is 2.54. The molecule has 3 aliphatic carbocycles. The summed E-state index contributed by atoms with van der Waals surface area (Å²) >= 11 is 6.80. The van der Waals surface area contributed by atoms with Crippen LogP contribution in [0.5, 0.6) is 0 Å². The van der Waals surface area contributed by atoms with Gasteiger partial charge >= 0.3 is 0 Å². The van der Waals surface area contributed by atoms with Crippen LogP contribution in [0.25, 0.3) is 0 Å². The van der Waals surface area contributed by atoms with Crippen LogP contribution in [0.3, 0.4) is 0 Å². The number of likely N-dealkylation sites (tertiary alicyclic amines) is 1. The van der Waals surface area contributed by atoms with Crippen LogP contribution in [0.2, 0.25) is 0 Å². The van der Waals surface area contributed by atoms with Gasteiger partial charge in [-0.05, 0) is 37.6 Å². The summed E-state index contributed by atoms with van der Waals surface area (Å²) in [5, 5.41) is 19.8. The van der Waals surface area contributed by atoms with Gasteiger partial charge in [-0.15, -0.1) is 0 Å². The SMILES string of the molecule is CN1CC[C@]23C4=C5C=CC(O)C4(Cl)O[C@H]2[C@@H](O)C=C[C@H]3[C@H]1C5. The van der Waals surface area contributed by atoms with Gasteiger partial charge < -0.3 is 19.8 Å². The zero-order valence-electron chi connectivity index (χ0n) is 12.4. The van der Waals surface area contributed by atoms with Crippen LogP contribution in [0.4, 0.5) is 0 Å². The van der Waals surface area contributed by atoms with E-state index in [-0.39, 0.29) is 17.4 Å². The van der Waals surface area contributed by atoms with E-state index in [1.807, 2.05) is 12.2 Å². The van der Waals surface area contributed by atoms with Crippen molar-refractivity contribution in [2.24, 2.45) is 11.3 Å². The normalized spacial score (nSPS) is 55.5. The summed E-state index contributed by atoms with van der Waals surface area (Å²) in [6, 6.07) is 0.404. The number of aliphatic hydroxyl groups is 2. The zero-order valence-corrected chi connectivity index (χ0v) is 13.2. The summed E-state index contributed by atoms with van der Waals surface area (Å²) in [5.74, 6) is 0.290. The van der Waals surface area contributed by atoms with E-state index in [0.29, 0.717) is 6.04 Å².